The van der Waals surface area contributed by atoms with E-state index in [0.29, 0.717) is 0 Å². The summed E-state index contributed by atoms with van der Waals surface area (Å²) >= 11 is 0. The Hall–Kier alpha value is -0.120. The molecule has 1 aliphatic heterocycles. The smallest absolute Gasteiger partial charge is 0.0109 e. The van der Waals surface area contributed by atoms with E-state index in [9.17, 15) is 0 Å². The maximum absolute atomic E-state index is 2.57. The lowest BCUT2D eigenvalue weighted by Crippen LogP contribution is -2.54. The Labute approximate surface area is 107 Å². The second kappa shape index (κ2) is 5.25. The number of piperidine rings is 1. The number of nitrogens with zero attached hydrogens (tertiary/aromatic N) is 3. The van der Waals surface area contributed by atoms with Crippen LogP contribution in [0.2, 0.25) is 0 Å². The summed E-state index contributed by atoms with van der Waals surface area (Å²) in [7, 11) is 8.88. The molecule has 0 bridgehead atoms. The van der Waals surface area contributed by atoms with E-state index in [1.54, 1.807) is 0 Å². The molecule has 100 valence electrons. The Morgan fingerprint density at radius 3 is 2.18 bits per heavy atom. The third-order valence-electron chi connectivity index (χ3n) is 4.91. The van der Waals surface area contributed by atoms with Crippen LogP contribution in [0.25, 0.3) is 0 Å². The lowest BCUT2D eigenvalue weighted by atomic mass is 9.60. The SMILES string of the molecule is CN(C)CCN(C)C1CC2(CCN(C)CC2)C1. The predicted molar refractivity (Wildman–Crippen MR) is 73.4 cm³/mol. The third-order valence-corrected chi connectivity index (χ3v) is 4.91. The first-order valence-electron chi connectivity index (χ1n) is 7.04. The average molecular weight is 239 g/mol. The average Bonchev–Trinajstić information content (AvgIpc) is 2.24. The molecule has 1 heterocycles. The van der Waals surface area contributed by atoms with Crippen molar-refractivity contribution in [3.05, 3.63) is 0 Å². The van der Waals surface area contributed by atoms with Crippen molar-refractivity contribution < 1.29 is 0 Å². The zero-order valence-electron chi connectivity index (χ0n) is 12.1. The van der Waals surface area contributed by atoms with Crippen LogP contribution in [-0.2, 0) is 0 Å². The monoisotopic (exact) mass is 239 g/mol. The van der Waals surface area contributed by atoms with Gasteiger partial charge < -0.3 is 14.7 Å². The zero-order chi connectivity index (χ0) is 12.5. The minimum Gasteiger partial charge on any atom is -0.308 e. The van der Waals surface area contributed by atoms with Gasteiger partial charge in [0.15, 0.2) is 0 Å². The van der Waals surface area contributed by atoms with Crippen molar-refractivity contribution in [2.45, 2.75) is 31.7 Å². The molecule has 2 aliphatic rings. The Morgan fingerprint density at radius 2 is 1.65 bits per heavy atom. The predicted octanol–water partition coefficient (Wildman–Crippen LogP) is 1.35. The van der Waals surface area contributed by atoms with Gasteiger partial charge in [0.2, 0.25) is 0 Å². The number of likely N-dealkylation sites (N-methyl/N-ethyl adjacent to an activating group) is 2. The van der Waals surface area contributed by atoms with Crippen LogP contribution in [0.1, 0.15) is 25.7 Å². The molecule has 0 atom stereocenters. The maximum atomic E-state index is 2.57. The number of rotatable bonds is 4. The van der Waals surface area contributed by atoms with E-state index in [2.05, 4.69) is 42.9 Å². The van der Waals surface area contributed by atoms with Crippen LogP contribution in [0.15, 0.2) is 0 Å². The van der Waals surface area contributed by atoms with Gasteiger partial charge in [-0.1, -0.05) is 0 Å². The highest BCUT2D eigenvalue weighted by Gasteiger charge is 2.46. The Morgan fingerprint density at radius 1 is 1.06 bits per heavy atom. The molecule has 0 aromatic heterocycles. The molecule has 3 nitrogen and oxygen atoms in total. The molecule has 0 amide bonds. The fourth-order valence-corrected chi connectivity index (χ4v) is 3.29. The van der Waals surface area contributed by atoms with Crippen LogP contribution >= 0.6 is 0 Å². The molecule has 0 radical (unpaired) electrons. The third kappa shape index (κ3) is 3.21. The van der Waals surface area contributed by atoms with Crippen LogP contribution in [0.4, 0.5) is 0 Å². The zero-order valence-corrected chi connectivity index (χ0v) is 12.1. The molecule has 0 N–H and O–H groups in total. The van der Waals surface area contributed by atoms with Crippen molar-refractivity contribution in [3.8, 4) is 0 Å². The van der Waals surface area contributed by atoms with Gasteiger partial charge in [-0.15, -0.1) is 0 Å². The van der Waals surface area contributed by atoms with Crippen LogP contribution < -0.4 is 0 Å². The largest absolute Gasteiger partial charge is 0.308 e. The highest BCUT2D eigenvalue weighted by Crippen LogP contribution is 2.50. The van der Waals surface area contributed by atoms with Crippen molar-refractivity contribution in [1.29, 1.82) is 0 Å². The highest BCUT2D eigenvalue weighted by atomic mass is 15.2. The second-order valence-electron chi connectivity index (χ2n) is 6.65. The summed E-state index contributed by atoms with van der Waals surface area (Å²) in [4.78, 5) is 7.33. The first-order valence-corrected chi connectivity index (χ1v) is 7.04. The van der Waals surface area contributed by atoms with Crippen molar-refractivity contribution in [1.82, 2.24) is 14.7 Å². The molecule has 2 rings (SSSR count). The molecular weight excluding hydrogens is 210 g/mol. The van der Waals surface area contributed by atoms with Gasteiger partial charge in [-0.25, -0.2) is 0 Å². The van der Waals surface area contributed by atoms with Crippen LogP contribution in [-0.4, -0.2) is 75.1 Å². The van der Waals surface area contributed by atoms with Gasteiger partial charge in [0, 0.05) is 19.1 Å². The molecule has 2 fully saturated rings. The number of hydrogen-bond donors (Lipinski definition) is 0. The number of hydrogen-bond acceptors (Lipinski definition) is 3. The number of likely N-dealkylation sites (tertiary alicyclic amines) is 1. The summed E-state index contributed by atoms with van der Waals surface area (Å²) in [6.07, 6.45) is 5.76. The fraction of sp³-hybridized carbons (Fsp3) is 1.00. The Kier molecular flexibility index (Phi) is 4.11. The molecule has 1 aliphatic carbocycles. The highest BCUT2D eigenvalue weighted by molar-refractivity contribution is 5.00. The summed E-state index contributed by atoms with van der Waals surface area (Å²) in [6, 6.07) is 0.860. The summed E-state index contributed by atoms with van der Waals surface area (Å²) in [6.45, 7) is 5.03. The lowest BCUT2D eigenvalue weighted by Gasteiger charge is -2.54. The molecule has 0 aromatic rings. The first-order chi connectivity index (χ1) is 8.01. The lowest BCUT2D eigenvalue weighted by molar-refractivity contribution is -0.0312. The first kappa shape index (κ1) is 13.3. The molecule has 1 spiro atoms. The summed E-state index contributed by atoms with van der Waals surface area (Å²) in [5, 5.41) is 0. The van der Waals surface area contributed by atoms with Gasteiger partial charge in [-0.05, 0) is 72.4 Å². The van der Waals surface area contributed by atoms with Gasteiger partial charge in [-0.2, -0.15) is 0 Å². The van der Waals surface area contributed by atoms with E-state index in [4.69, 9.17) is 0 Å². The standard InChI is InChI=1S/C14H29N3/c1-15(2)9-10-17(4)13-11-14(12-13)5-7-16(3)8-6-14/h13H,5-12H2,1-4H3. The molecule has 1 saturated carbocycles. The van der Waals surface area contributed by atoms with E-state index in [-0.39, 0.29) is 0 Å². The summed E-state index contributed by atoms with van der Waals surface area (Å²) in [5.41, 5.74) is 0.726. The summed E-state index contributed by atoms with van der Waals surface area (Å²) in [5.74, 6) is 0. The molecule has 17 heavy (non-hydrogen) atoms. The van der Waals surface area contributed by atoms with Gasteiger partial charge in [0.25, 0.3) is 0 Å². The maximum Gasteiger partial charge on any atom is 0.0109 e. The van der Waals surface area contributed by atoms with Gasteiger partial charge in [0.05, 0.1) is 0 Å². The minimum absolute atomic E-state index is 0.726. The van der Waals surface area contributed by atoms with E-state index in [1.165, 1.54) is 51.9 Å². The molecular formula is C14H29N3. The fourth-order valence-electron chi connectivity index (χ4n) is 3.29. The van der Waals surface area contributed by atoms with Gasteiger partial charge in [-0.3, -0.25) is 0 Å². The molecule has 3 heteroatoms. The van der Waals surface area contributed by atoms with Crippen LogP contribution in [0.5, 0.6) is 0 Å². The molecule has 0 aromatic carbocycles. The normalized spacial score (nSPS) is 25.8. The topological polar surface area (TPSA) is 9.72 Å². The summed E-state index contributed by atoms with van der Waals surface area (Å²) < 4.78 is 0. The second-order valence-corrected chi connectivity index (χ2v) is 6.65. The minimum atomic E-state index is 0.726. The van der Waals surface area contributed by atoms with E-state index in [1.807, 2.05) is 0 Å². The Balaban J connectivity index is 1.70. The van der Waals surface area contributed by atoms with E-state index < -0.39 is 0 Å². The van der Waals surface area contributed by atoms with Crippen molar-refractivity contribution in [2.24, 2.45) is 5.41 Å². The quantitative estimate of drug-likeness (QED) is 0.733. The van der Waals surface area contributed by atoms with Crippen molar-refractivity contribution in [2.75, 3.05) is 54.4 Å². The van der Waals surface area contributed by atoms with Crippen LogP contribution in [0, 0.1) is 5.41 Å². The molecule has 1 saturated heterocycles. The van der Waals surface area contributed by atoms with E-state index >= 15 is 0 Å². The van der Waals surface area contributed by atoms with Gasteiger partial charge >= 0.3 is 0 Å². The van der Waals surface area contributed by atoms with Crippen molar-refractivity contribution >= 4 is 0 Å². The van der Waals surface area contributed by atoms with Crippen LogP contribution in [0.3, 0.4) is 0 Å². The van der Waals surface area contributed by atoms with Crippen molar-refractivity contribution in [3.63, 3.8) is 0 Å². The Bertz CT molecular complexity index is 236. The molecule has 0 unspecified atom stereocenters. The van der Waals surface area contributed by atoms with Gasteiger partial charge in [0.1, 0.15) is 0 Å². The van der Waals surface area contributed by atoms with E-state index in [0.717, 1.165) is 11.5 Å².